The monoisotopic (exact) mass is 648 g/mol. The Morgan fingerprint density at radius 3 is 2.07 bits per heavy atom. The number of carbonyl (C=O) groups excluding carboxylic acids is 6. The van der Waals surface area contributed by atoms with Crippen molar-refractivity contribution in [1.29, 1.82) is 0 Å². The molecule has 1 saturated heterocycles. The summed E-state index contributed by atoms with van der Waals surface area (Å²) in [5, 5.41) is 8.10. The van der Waals surface area contributed by atoms with Crippen molar-refractivity contribution in [2.24, 2.45) is 23.2 Å². The highest BCUT2D eigenvalue weighted by atomic mass is 16.6. The van der Waals surface area contributed by atoms with Gasteiger partial charge in [-0.3, -0.25) is 24.0 Å². The average Bonchev–Trinajstić information content (AvgIpc) is 3.25. The van der Waals surface area contributed by atoms with Gasteiger partial charge in [0.15, 0.2) is 0 Å². The third-order valence-corrected chi connectivity index (χ3v) is 9.29. The molecular weight excluding hydrogens is 592 g/mol. The first-order valence-electron chi connectivity index (χ1n) is 16.9. The van der Waals surface area contributed by atoms with Gasteiger partial charge in [-0.1, -0.05) is 46.5 Å². The first-order chi connectivity index (χ1) is 21.3. The predicted octanol–water partition coefficient (Wildman–Crippen LogP) is 3.65. The molecule has 1 heterocycles. The lowest BCUT2D eigenvalue weighted by Gasteiger charge is -2.37. The second kappa shape index (κ2) is 14.7. The molecule has 0 aromatic heterocycles. The van der Waals surface area contributed by atoms with Crippen LogP contribution in [0.25, 0.3) is 0 Å². The number of nitrogens with one attached hydrogen (secondary N) is 3. The van der Waals surface area contributed by atoms with Crippen molar-refractivity contribution in [3.63, 3.8) is 0 Å². The van der Waals surface area contributed by atoms with Crippen LogP contribution in [0.3, 0.4) is 0 Å². The van der Waals surface area contributed by atoms with E-state index in [4.69, 9.17) is 9.47 Å². The zero-order chi connectivity index (χ0) is 34.6. The van der Waals surface area contributed by atoms with Gasteiger partial charge in [0.1, 0.15) is 23.3 Å². The first-order valence-corrected chi connectivity index (χ1v) is 16.9. The van der Waals surface area contributed by atoms with Crippen molar-refractivity contribution in [2.75, 3.05) is 13.1 Å². The van der Waals surface area contributed by atoms with Gasteiger partial charge in [0.25, 0.3) is 5.91 Å². The van der Waals surface area contributed by atoms with Gasteiger partial charge in [-0.2, -0.15) is 0 Å². The Kier molecular flexibility index (Phi) is 11.9. The molecule has 0 aromatic carbocycles. The molecule has 4 amide bonds. The smallest absolute Gasteiger partial charge is 0.408 e. The number of nitrogens with zero attached hydrogens (tertiary/aromatic N) is 1. The number of fused-ring (bicyclic) bond motifs is 1. The molecule has 2 aliphatic carbocycles. The number of ketones is 1. The van der Waals surface area contributed by atoms with Gasteiger partial charge in [-0.15, -0.1) is 0 Å². The van der Waals surface area contributed by atoms with Crippen LogP contribution in [-0.2, 0) is 33.4 Å². The molecule has 5 unspecified atom stereocenters. The lowest BCUT2D eigenvalue weighted by atomic mass is 9.83. The Balaban J connectivity index is 1.75. The number of hydrogen-bond donors (Lipinski definition) is 3. The number of Topliss-reactive ketones (excluding diaryl/α,β-unsaturated/α-hetero) is 1. The molecule has 0 spiro atoms. The van der Waals surface area contributed by atoms with Gasteiger partial charge in [-0.25, -0.2) is 4.79 Å². The van der Waals surface area contributed by atoms with Crippen LogP contribution in [0.1, 0.15) is 114 Å². The fourth-order valence-corrected chi connectivity index (χ4v) is 7.01. The molecule has 1 aliphatic heterocycles. The Hall–Kier alpha value is -3.18. The molecule has 3 rings (SSSR count). The van der Waals surface area contributed by atoms with E-state index >= 15 is 0 Å². The molecule has 2 saturated carbocycles. The van der Waals surface area contributed by atoms with E-state index in [-0.39, 0.29) is 48.5 Å². The van der Waals surface area contributed by atoms with Gasteiger partial charge < -0.3 is 30.3 Å². The number of esters is 1. The summed E-state index contributed by atoms with van der Waals surface area (Å²) >= 11 is 0. The van der Waals surface area contributed by atoms with Gasteiger partial charge in [0.2, 0.25) is 17.6 Å². The second-order valence-corrected chi connectivity index (χ2v) is 15.7. The molecule has 3 N–H and O–H groups in total. The number of ether oxygens (including phenoxy) is 2. The lowest BCUT2D eigenvalue weighted by Crippen LogP contribution is -2.59. The minimum Gasteiger partial charge on any atom is -0.460 e. The first kappa shape index (κ1) is 37.3. The molecule has 3 fully saturated rings. The van der Waals surface area contributed by atoms with Crippen LogP contribution in [0.4, 0.5) is 4.79 Å². The quantitative estimate of drug-likeness (QED) is 0.214. The number of piperidine rings is 1. The summed E-state index contributed by atoms with van der Waals surface area (Å²) in [6.07, 6.45) is 4.52. The molecule has 260 valence electrons. The predicted molar refractivity (Wildman–Crippen MR) is 171 cm³/mol. The maximum atomic E-state index is 14.3. The van der Waals surface area contributed by atoms with E-state index in [2.05, 4.69) is 29.8 Å². The van der Waals surface area contributed by atoms with Gasteiger partial charge >= 0.3 is 12.1 Å². The van der Waals surface area contributed by atoms with E-state index in [0.717, 1.165) is 32.1 Å². The molecule has 5 atom stereocenters. The Morgan fingerprint density at radius 1 is 0.891 bits per heavy atom. The van der Waals surface area contributed by atoms with Gasteiger partial charge in [0.05, 0.1) is 12.5 Å². The highest BCUT2D eigenvalue weighted by Crippen LogP contribution is 2.65. The minimum atomic E-state index is -1.09. The third-order valence-electron chi connectivity index (χ3n) is 9.29. The van der Waals surface area contributed by atoms with Crippen molar-refractivity contribution in [3.05, 3.63) is 0 Å². The van der Waals surface area contributed by atoms with Crippen LogP contribution in [0.5, 0.6) is 0 Å². The van der Waals surface area contributed by atoms with Crippen LogP contribution in [-0.4, -0.2) is 82.9 Å². The van der Waals surface area contributed by atoms with E-state index in [0.29, 0.717) is 13.0 Å². The molecule has 46 heavy (non-hydrogen) atoms. The number of likely N-dealkylation sites (tertiary alicyclic amines) is 1. The summed E-state index contributed by atoms with van der Waals surface area (Å²) in [6.45, 7) is 16.8. The number of rotatable bonds is 12. The molecule has 0 radical (unpaired) electrons. The highest BCUT2D eigenvalue weighted by molar-refractivity contribution is 6.38. The lowest BCUT2D eigenvalue weighted by molar-refractivity contribution is -0.154. The van der Waals surface area contributed by atoms with Crippen molar-refractivity contribution < 1.29 is 38.2 Å². The van der Waals surface area contributed by atoms with Crippen LogP contribution >= 0.6 is 0 Å². The molecule has 12 nitrogen and oxygen atoms in total. The van der Waals surface area contributed by atoms with E-state index < -0.39 is 59.0 Å². The van der Waals surface area contributed by atoms with E-state index in [1.165, 1.54) is 0 Å². The molecular formula is C34H56N4O8. The summed E-state index contributed by atoms with van der Waals surface area (Å²) in [5.41, 5.74) is -1.59. The zero-order valence-electron chi connectivity index (χ0n) is 29.2. The average molecular weight is 649 g/mol. The normalized spacial score (nSPS) is 23.8. The standard InChI is InChI=1S/C34H56N4O8/c1-10-14-22(27(40)29(42)35-18-17-23(39)45-32(2,3)4)36-28(41)26-24-21(34(24,8)9)19-38(26)30(43)25(20-15-12-11-13-16-20)37-31(44)46-33(5,6)7/h20-22,24-26H,10-19H2,1-9H3,(H,35,42)(H,36,41)(H,37,44). The molecule has 12 heteroatoms. The second-order valence-electron chi connectivity index (χ2n) is 15.7. The Morgan fingerprint density at radius 2 is 1.50 bits per heavy atom. The topological polar surface area (TPSA) is 160 Å². The van der Waals surface area contributed by atoms with Crippen molar-refractivity contribution >= 4 is 35.6 Å². The fraction of sp³-hybridized carbons (Fsp3) is 0.824. The number of carbonyl (C=O) groups is 6. The maximum absolute atomic E-state index is 14.3. The van der Waals surface area contributed by atoms with Crippen LogP contribution in [0.2, 0.25) is 0 Å². The molecule has 3 aliphatic rings. The number of alkyl carbamates (subject to hydrolysis) is 1. The van der Waals surface area contributed by atoms with E-state index in [1.807, 2.05) is 6.92 Å². The van der Waals surface area contributed by atoms with Crippen LogP contribution in [0.15, 0.2) is 0 Å². The van der Waals surface area contributed by atoms with E-state index in [9.17, 15) is 28.8 Å². The summed E-state index contributed by atoms with van der Waals surface area (Å²) in [4.78, 5) is 80.6. The van der Waals surface area contributed by atoms with Crippen molar-refractivity contribution in [3.8, 4) is 0 Å². The van der Waals surface area contributed by atoms with Crippen LogP contribution < -0.4 is 16.0 Å². The van der Waals surface area contributed by atoms with Crippen molar-refractivity contribution in [1.82, 2.24) is 20.9 Å². The summed E-state index contributed by atoms with van der Waals surface area (Å²) < 4.78 is 10.7. The van der Waals surface area contributed by atoms with Crippen molar-refractivity contribution in [2.45, 2.75) is 143 Å². The summed E-state index contributed by atoms with van der Waals surface area (Å²) in [5.74, 6) is -3.13. The highest BCUT2D eigenvalue weighted by Gasteiger charge is 2.69. The third kappa shape index (κ3) is 9.67. The fourth-order valence-electron chi connectivity index (χ4n) is 7.01. The number of hydrogen-bond acceptors (Lipinski definition) is 8. The SMILES string of the molecule is CCCC(NC(=O)C1C2C(CN1C(=O)C(NC(=O)OC(C)(C)C)C1CCCCC1)C2(C)C)C(=O)C(=O)NCCC(=O)OC(C)(C)C. The summed E-state index contributed by atoms with van der Waals surface area (Å²) in [6, 6.07) is -2.78. The maximum Gasteiger partial charge on any atom is 0.408 e. The van der Waals surface area contributed by atoms with Gasteiger partial charge in [-0.05, 0) is 84.0 Å². The molecule has 0 aromatic rings. The minimum absolute atomic E-state index is 0.0810. The largest absolute Gasteiger partial charge is 0.460 e. The van der Waals surface area contributed by atoms with E-state index in [1.54, 1.807) is 46.4 Å². The Bertz CT molecular complexity index is 1160. The molecule has 0 bridgehead atoms. The van der Waals surface area contributed by atoms with Crippen LogP contribution in [0, 0.1) is 23.2 Å². The number of amides is 4. The van der Waals surface area contributed by atoms with Gasteiger partial charge in [0, 0.05) is 13.1 Å². The Labute approximate surface area is 273 Å². The zero-order valence-corrected chi connectivity index (χ0v) is 29.2. The summed E-state index contributed by atoms with van der Waals surface area (Å²) in [7, 11) is 0.